The van der Waals surface area contributed by atoms with Crippen molar-refractivity contribution in [1.82, 2.24) is 15.1 Å². The van der Waals surface area contributed by atoms with Crippen LogP contribution in [0.4, 0.5) is 4.79 Å². The highest BCUT2D eigenvalue weighted by Gasteiger charge is 2.47. The molecule has 0 unspecified atom stereocenters. The first-order chi connectivity index (χ1) is 10.1. The predicted molar refractivity (Wildman–Crippen MR) is 81.4 cm³/mol. The van der Waals surface area contributed by atoms with Crippen LogP contribution in [0.3, 0.4) is 0 Å². The van der Waals surface area contributed by atoms with Crippen LogP contribution in [-0.4, -0.2) is 56.7 Å². The minimum Gasteiger partial charge on any atom is -0.497 e. The van der Waals surface area contributed by atoms with Crippen molar-refractivity contribution in [2.45, 2.75) is 6.04 Å². The average Bonchev–Trinajstić information content (AvgIpc) is 3.06. The number of ether oxygens (including phenoxy) is 1. The smallest absolute Gasteiger partial charge is 0.320 e. The highest BCUT2D eigenvalue weighted by molar-refractivity contribution is 5.75. The minimum absolute atomic E-state index is 0.102. The van der Waals surface area contributed by atoms with Gasteiger partial charge in [-0.25, -0.2) is 4.79 Å². The van der Waals surface area contributed by atoms with Gasteiger partial charge in [-0.05, 0) is 23.6 Å². The van der Waals surface area contributed by atoms with Crippen molar-refractivity contribution in [2.24, 2.45) is 11.8 Å². The van der Waals surface area contributed by atoms with Crippen molar-refractivity contribution in [1.29, 1.82) is 0 Å². The first-order valence-electron chi connectivity index (χ1n) is 7.44. The van der Waals surface area contributed by atoms with Gasteiger partial charge in [0.1, 0.15) is 5.75 Å². The van der Waals surface area contributed by atoms with Crippen LogP contribution in [0.2, 0.25) is 0 Å². The molecule has 2 saturated heterocycles. The average molecular weight is 289 g/mol. The molecule has 1 aromatic carbocycles. The summed E-state index contributed by atoms with van der Waals surface area (Å²) in [5, 5.41) is 3.46. The molecule has 2 aliphatic heterocycles. The van der Waals surface area contributed by atoms with Crippen LogP contribution >= 0.6 is 0 Å². The van der Waals surface area contributed by atoms with Crippen molar-refractivity contribution >= 4 is 6.03 Å². The summed E-state index contributed by atoms with van der Waals surface area (Å²) in [6.07, 6.45) is 0. The Hall–Kier alpha value is -1.75. The second-order valence-electron chi connectivity index (χ2n) is 6.13. The van der Waals surface area contributed by atoms with Gasteiger partial charge in [-0.1, -0.05) is 12.1 Å². The lowest BCUT2D eigenvalue weighted by atomic mass is 9.89. The molecule has 0 radical (unpaired) electrons. The lowest BCUT2D eigenvalue weighted by Gasteiger charge is -2.30. The van der Waals surface area contributed by atoms with Crippen molar-refractivity contribution in [3.63, 3.8) is 0 Å². The SMILES string of the molecule is COc1ccc([C@H]2[C@@H]3CNC[C@@H]3CN2C(=O)N(C)C)cc1. The van der Waals surface area contributed by atoms with E-state index < -0.39 is 0 Å². The van der Waals surface area contributed by atoms with Gasteiger partial charge in [-0.2, -0.15) is 0 Å². The van der Waals surface area contributed by atoms with E-state index in [-0.39, 0.29) is 12.1 Å². The first kappa shape index (κ1) is 14.2. The summed E-state index contributed by atoms with van der Waals surface area (Å²) in [5.41, 5.74) is 1.20. The van der Waals surface area contributed by atoms with Gasteiger partial charge in [0.15, 0.2) is 0 Å². The number of nitrogens with one attached hydrogen (secondary N) is 1. The van der Waals surface area contributed by atoms with E-state index in [1.165, 1.54) is 5.56 Å². The van der Waals surface area contributed by atoms with E-state index in [9.17, 15) is 4.79 Å². The van der Waals surface area contributed by atoms with Gasteiger partial charge in [0.05, 0.1) is 13.2 Å². The maximum atomic E-state index is 12.5. The molecule has 0 aromatic heterocycles. The number of hydrogen-bond donors (Lipinski definition) is 1. The van der Waals surface area contributed by atoms with Crippen LogP contribution in [-0.2, 0) is 0 Å². The van der Waals surface area contributed by atoms with Crippen LogP contribution < -0.4 is 10.1 Å². The largest absolute Gasteiger partial charge is 0.497 e. The number of carbonyl (C=O) groups excluding carboxylic acids is 1. The summed E-state index contributed by atoms with van der Waals surface area (Å²) < 4.78 is 5.23. The van der Waals surface area contributed by atoms with Gasteiger partial charge in [0, 0.05) is 39.6 Å². The maximum Gasteiger partial charge on any atom is 0.320 e. The third kappa shape index (κ3) is 2.46. The maximum absolute atomic E-state index is 12.5. The molecule has 1 aromatic rings. The van der Waals surface area contributed by atoms with Crippen LogP contribution in [0.5, 0.6) is 5.75 Å². The summed E-state index contributed by atoms with van der Waals surface area (Å²) in [6.45, 7) is 2.83. The molecule has 0 spiro atoms. The molecule has 2 amide bonds. The number of benzene rings is 1. The number of likely N-dealkylation sites (tertiary alicyclic amines) is 1. The number of nitrogens with zero attached hydrogens (tertiary/aromatic N) is 2. The van der Waals surface area contributed by atoms with Crippen molar-refractivity contribution in [3.05, 3.63) is 29.8 Å². The monoisotopic (exact) mass is 289 g/mol. The van der Waals surface area contributed by atoms with E-state index in [0.29, 0.717) is 11.8 Å². The topological polar surface area (TPSA) is 44.8 Å². The molecule has 2 aliphatic rings. The molecule has 21 heavy (non-hydrogen) atoms. The Labute approximate surface area is 125 Å². The standard InChI is InChI=1S/C16H23N3O2/c1-18(2)16(20)19-10-12-8-17-9-14(12)15(19)11-4-6-13(21-3)7-5-11/h4-7,12,14-15,17H,8-10H2,1-3H3/t12-,14-,15+/m1/s1. The second kappa shape index (κ2) is 5.56. The molecule has 0 saturated carbocycles. The Morgan fingerprint density at radius 3 is 2.62 bits per heavy atom. The lowest BCUT2D eigenvalue weighted by molar-refractivity contribution is 0.159. The van der Waals surface area contributed by atoms with E-state index in [1.54, 1.807) is 12.0 Å². The van der Waals surface area contributed by atoms with Crippen LogP contribution in [0.15, 0.2) is 24.3 Å². The zero-order valence-corrected chi connectivity index (χ0v) is 12.9. The Morgan fingerprint density at radius 1 is 1.29 bits per heavy atom. The van der Waals surface area contributed by atoms with Crippen LogP contribution in [0.1, 0.15) is 11.6 Å². The Morgan fingerprint density at radius 2 is 2.00 bits per heavy atom. The number of methoxy groups -OCH3 is 1. The summed E-state index contributed by atoms with van der Waals surface area (Å²) >= 11 is 0. The molecule has 3 rings (SSSR count). The lowest BCUT2D eigenvalue weighted by Crippen LogP contribution is -2.41. The summed E-state index contributed by atoms with van der Waals surface area (Å²) in [4.78, 5) is 16.2. The normalized spacial score (nSPS) is 27.6. The molecule has 5 nitrogen and oxygen atoms in total. The fraction of sp³-hybridized carbons (Fsp3) is 0.562. The first-order valence-corrected chi connectivity index (χ1v) is 7.44. The molecular formula is C16H23N3O2. The van der Waals surface area contributed by atoms with Crippen LogP contribution in [0.25, 0.3) is 0 Å². The Kier molecular flexibility index (Phi) is 3.76. The quantitative estimate of drug-likeness (QED) is 0.899. The van der Waals surface area contributed by atoms with E-state index in [2.05, 4.69) is 17.4 Å². The Balaban J connectivity index is 1.91. The zero-order chi connectivity index (χ0) is 15.0. The second-order valence-corrected chi connectivity index (χ2v) is 6.13. The molecule has 114 valence electrons. The van der Waals surface area contributed by atoms with Crippen molar-refractivity contribution in [2.75, 3.05) is 40.8 Å². The van der Waals surface area contributed by atoms with Gasteiger partial charge in [-0.3, -0.25) is 0 Å². The van der Waals surface area contributed by atoms with E-state index in [4.69, 9.17) is 4.74 Å². The van der Waals surface area contributed by atoms with Gasteiger partial charge < -0.3 is 19.9 Å². The number of carbonyl (C=O) groups is 1. The van der Waals surface area contributed by atoms with E-state index in [1.807, 2.05) is 31.1 Å². The highest BCUT2D eigenvalue weighted by atomic mass is 16.5. The molecule has 5 heteroatoms. The molecule has 0 aliphatic carbocycles. The molecule has 1 N–H and O–H groups in total. The zero-order valence-electron chi connectivity index (χ0n) is 12.9. The molecule has 2 heterocycles. The predicted octanol–water partition coefficient (Wildman–Crippen LogP) is 1.57. The fourth-order valence-corrected chi connectivity index (χ4v) is 3.60. The van der Waals surface area contributed by atoms with E-state index >= 15 is 0 Å². The number of urea groups is 1. The van der Waals surface area contributed by atoms with Crippen molar-refractivity contribution < 1.29 is 9.53 Å². The summed E-state index contributed by atoms with van der Waals surface area (Å²) in [7, 11) is 5.31. The van der Waals surface area contributed by atoms with Crippen LogP contribution in [0, 0.1) is 11.8 Å². The van der Waals surface area contributed by atoms with E-state index in [0.717, 1.165) is 25.4 Å². The van der Waals surface area contributed by atoms with Gasteiger partial charge in [-0.15, -0.1) is 0 Å². The van der Waals surface area contributed by atoms with Crippen molar-refractivity contribution in [3.8, 4) is 5.75 Å². The third-order valence-corrected chi connectivity index (χ3v) is 4.65. The molecule has 2 fully saturated rings. The van der Waals surface area contributed by atoms with Gasteiger partial charge in [0.25, 0.3) is 0 Å². The Bertz CT molecular complexity index is 515. The molecule has 0 bridgehead atoms. The summed E-state index contributed by atoms with van der Waals surface area (Å²) in [6, 6.07) is 8.38. The van der Waals surface area contributed by atoms with Gasteiger partial charge >= 0.3 is 6.03 Å². The number of fused-ring (bicyclic) bond motifs is 1. The fourth-order valence-electron chi connectivity index (χ4n) is 3.60. The minimum atomic E-state index is 0.102. The van der Waals surface area contributed by atoms with Gasteiger partial charge in [0.2, 0.25) is 0 Å². The third-order valence-electron chi connectivity index (χ3n) is 4.65. The number of hydrogen-bond acceptors (Lipinski definition) is 3. The highest BCUT2D eigenvalue weighted by Crippen LogP contribution is 2.43. The molecular weight excluding hydrogens is 266 g/mol. The number of rotatable bonds is 2. The molecule has 3 atom stereocenters. The summed E-state index contributed by atoms with van der Waals surface area (Å²) in [5.74, 6) is 1.91. The number of amides is 2.